The van der Waals surface area contributed by atoms with Crippen LogP contribution < -0.4 is 0 Å². The van der Waals surface area contributed by atoms with Crippen LogP contribution in [0.3, 0.4) is 0 Å². The number of Topliss-reactive ketones (excluding diaryl/α,β-unsaturated/α-hetero) is 1. The third kappa shape index (κ3) is 8.37. The normalized spacial score (nSPS) is 12.9. The smallest absolute Gasteiger partial charge is 0.159 e. The number of carbonyl (C=O) groups excluding carboxylic acids is 1. The van der Waals surface area contributed by atoms with E-state index in [1.54, 1.807) is 0 Å². The second-order valence-electron chi connectivity index (χ2n) is 4.43. The van der Waals surface area contributed by atoms with Gasteiger partial charge in [0.2, 0.25) is 0 Å². The number of hydrogen-bond acceptors (Lipinski definition) is 3. The van der Waals surface area contributed by atoms with Crippen LogP contribution in [0.1, 0.15) is 13.3 Å². The SMILES string of the molecule is COCO[C@@H](CC#C[Si](C)(C)C)C(C)=O. The highest BCUT2D eigenvalue weighted by molar-refractivity contribution is 6.83. The van der Waals surface area contributed by atoms with Gasteiger partial charge >= 0.3 is 0 Å². The average Bonchev–Trinajstić information content (AvgIpc) is 2.08. The van der Waals surface area contributed by atoms with E-state index < -0.39 is 14.2 Å². The van der Waals surface area contributed by atoms with Gasteiger partial charge in [0.25, 0.3) is 0 Å². The Morgan fingerprint density at radius 1 is 1.40 bits per heavy atom. The van der Waals surface area contributed by atoms with Crippen LogP contribution in [0.2, 0.25) is 19.6 Å². The molecule has 0 fully saturated rings. The Morgan fingerprint density at radius 3 is 2.40 bits per heavy atom. The zero-order valence-corrected chi connectivity index (χ0v) is 11.2. The summed E-state index contributed by atoms with van der Waals surface area (Å²) >= 11 is 0. The van der Waals surface area contributed by atoms with Gasteiger partial charge < -0.3 is 9.47 Å². The molecule has 0 aliphatic rings. The monoisotopic (exact) mass is 228 g/mol. The zero-order valence-electron chi connectivity index (χ0n) is 10.2. The fraction of sp³-hybridized carbons (Fsp3) is 0.727. The number of carbonyl (C=O) groups is 1. The molecule has 0 rings (SSSR count). The van der Waals surface area contributed by atoms with Gasteiger partial charge in [-0.05, 0) is 6.92 Å². The van der Waals surface area contributed by atoms with E-state index in [4.69, 9.17) is 9.47 Å². The third-order valence-corrected chi connectivity index (χ3v) is 2.52. The lowest BCUT2D eigenvalue weighted by molar-refractivity contribution is -0.136. The Kier molecular flexibility index (Phi) is 6.49. The summed E-state index contributed by atoms with van der Waals surface area (Å²) in [5, 5.41) is 0. The summed E-state index contributed by atoms with van der Waals surface area (Å²) in [6, 6.07) is 0. The summed E-state index contributed by atoms with van der Waals surface area (Å²) < 4.78 is 9.96. The number of rotatable bonds is 5. The molecule has 1 atom stereocenters. The molecule has 0 saturated carbocycles. The van der Waals surface area contributed by atoms with Crippen molar-refractivity contribution in [3.05, 3.63) is 0 Å². The van der Waals surface area contributed by atoms with Crippen LogP contribution in [0.5, 0.6) is 0 Å². The van der Waals surface area contributed by atoms with Crippen LogP contribution in [0.4, 0.5) is 0 Å². The molecule has 0 aliphatic carbocycles. The van der Waals surface area contributed by atoms with Gasteiger partial charge in [0.1, 0.15) is 21.0 Å². The van der Waals surface area contributed by atoms with Gasteiger partial charge in [-0.25, -0.2) is 0 Å². The Hall–Kier alpha value is -0.633. The maximum atomic E-state index is 11.2. The quantitative estimate of drug-likeness (QED) is 0.409. The summed E-state index contributed by atoms with van der Waals surface area (Å²) in [6.45, 7) is 8.14. The number of methoxy groups -OCH3 is 1. The highest BCUT2D eigenvalue weighted by Gasteiger charge is 2.13. The molecule has 0 aromatic heterocycles. The molecule has 0 aromatic carbocycles. The molecule has 0 bridgehead atoms. The molecule has 0 N–H and O–H groups in total. The first-order chi connectivity index (χ1) is 6.87. The molecule has 4 heteroatoms. The minimum atomic E-state index is -1.35. The zero-order chi connectivity index (χ0) is 11.9. The second kappa shape index (κ2) is 6.78. The molecule has 0 unspecified atom stereocenters. The van der Waals surface area contributed by atoms with E-state index in [0.717, 1.165) is 0 Å². The molecule has 0 saturated heterocycles. The van der Waals surface area contributed by atoms with Gasteiger partial charge in [0.15, 0.2) is 5.78 Å². The minimum Gasteiger partial charge on any atom is -0.359 e. The van der Waals surface area contributed by atoms with E-state index >= 15 is 0 Å². The topological polar surface area (TPSA) is 35.5 Å². The highest BCUT2D eigenvalue weighted by atomic mass is 28.3. The number of ketones is 1. The molecule has 0 amide bonds. The van der Waals surface area contributed by atoms with Crippen LogP contribution in [-0.2, 0) is 14.3 Å². The minimum absolute atomic E-state index is 0.00285. The number of ether oxygens (including phenoxy) is 2. The van der Waals surface area contributed by atoms with Crippen molar-refractivity contribution in [1.29, 1.82) is 0 Å². The van der Waals surface area contributed by atoms with Crippen LogP contribution >= 0.6 is 0 Å². The predicted octanol–water partition coefficient (Wildman–Crippen LogP) is 1.84. The Balaban J connectivity index is 4.16. The van der Waals surface area contributed by atoms with Gasteiger partial charge in [-0.1, -0.05) is 19.6 Å². The summed E-state index contributed by atoms with van der Waals surface area (Å²) in [6.07, 6.45) is 0.0111. The molecule has 0 heterocycles. The standard InChI is InChI=1S/C11H20O3Si/c1-10(12)11(14-9-13-2)7-6-8-15(3,4)5/h11H,7,9H2,1-5H3/t11-/m0/s1. The van der Waals surface area contributed by atoms with E-state index in [1.807, 2.05) is 0 Å². The van der Waals surface area contributed by atoms with Crippen LogP contribution in [0.15, 0.2) is 0 Å². The summed E-state index contributed by atoms with van der Waals surface area (Å²) in [4.78, 5) is 11.2. The van der Waals surface area contributed by atoms with E-state index in [0.29, 0.717) is 6.42 Å². The van der Waals surface area contributed by atoms with Crippen molar-refractivity contribution in [2.24, 2.45) is 0 Å². The Bertz CT molecular complexity index is 257. The maximum Gasteiger partial charge on any atom is 0.159 e. The van der Waals surface area contributed by atoms with E-state index in [9.17, 15) is 4.79 Å². The molecule has 3 nitrogen and oxygen atoms in total. The van der Waals surface area contributed by atoms with E-state index in [-0.39, 0.29) is 12.6 Å². The highest BCUT2D eigenvalue weighted by Crippen LogP contribution is 2.01. The summed E-state index contributed by atoms with van der Waals surface area (Å²) in [7, 11) is 0.183. The van der Waals surface area contributed by atoms with Gasteiger partial charge in [0.05, 0.1) is 0 Å². The second-order valence-corrected chi connectivity index (χ2v) is 9.18. The lowest BCUT2D eigenvalue weighted by Gasteiger charge is -2.11. The summed E-state index contributed by atoms with van der Waals surface area (Å²) in [5.41, 5.74) is 3.20. The molecule has 0 aliphatic heterocycles. The summed E-state index contributed by atoms with van der Waals surface area (Å²) in [5.74, 6) is 3.02. The predicted molar refractivity (Wildman–Crippen MR) is 63.2 cm³/mol. The van der Waals surface area contributed by atoms with Crippen molar-refractivity contribution in [3.8, 4) is 11.5 Å². The Morgan fingerprint density at radius 2 is 2.00 bits per heavy atom. The van der Waals surface area contributed by atoms with E-state index in [1.165, 1.54) is 14.0 Å². The van der Waals surface area contributed by atoms with Gasteiger partial charge in [-0.2, -0.15) is 0 Å². The van der Waals surface area contributed by atoms with E-state index in [2.05, 4.69) is 31.1 Å². The third-order valence-electron chi connectivity index (χ3n) is 1.59. The lowest BCUT2D eigenvalue weighted by Crippen LogP contribution is -2.23. The maximum absolute atomic E-state index is 11.2. The first kappa shape index (κ1) is 14.4. The van der Waals surface area contributed by atoms with Gasteiger partial charge in [-0.3, -0.25) is 4.79 Å². The molecule has 86 valence electrons. The largest absolute Gasteiger partial charge is 0.359 e. The van der Waals surface area contributed by atoms with Crippen LogP contribution in [0, 0.1) is 11.5 Å². The van der Waals surface area contributed by atoms with Crippen molar-refractivity contribution in [1.82, 2.24) is 0 Å². The number of hydrogen-bond donors (Lipinski definition) is 0. The van der Waals surface area contributed by atoms with Crippen molar-refractivity contribution < 1.29 is 14.3 Å². The molecule has 0 spiro atoms. The molecule has 15 heavy (non-hydrogen) atoms. The van der Waals surface area contributed by atoms with Crippen LogP contribution in [0.25, 0.3) is 0 Å². The lowest BCUT2D eigenvalue weighted by atomic mass is 10.2. The van der Waals surface area contributed by atoms with Crippen molar-refractivity contribution in [2.45, 2.75) is 39.1 Å². The van der Waals surface area contributed by atoms with Gasteiger partial charge in [0, 0.05) is 13.5 Å². The fourth-order valence-corrected chi connectivity index (χ4v) is 1.51. The van der Waals surface area contributed by atoms with Crippen molar-refractivity contribution in [2.75, 3.05) is 13.9 Å². The van der Waals surface area contributed by atoms with Crippen LogP contribution in [-0.4, -0.2) is 33.9 Å². The molecular formula is C11H20O3Si. The first-order valence-electron chi connectivity index (χ1n) is 4.98. The molecule has 0 aromatic rings. The first-order valence-corrected chi connectivity index (χ1v) is 8.48. The molecular weight excluding hydrogens is 208 g/mol. The van der Waals surface area contributed by atoms with Gasteiger partial charge in [-0.15, -0.1) is 11.5 Å². The fourth-order valence-electron chi connectivity index (χ4n) is 0.879. The Labute approximate surface area is 93.2 Å². The average molecular weight is 228 g/mol. The molecule has 0 radical (unpaired) electrons. The van der Waals surface area contributed by atoms with Crippen molar-refractivity contribution in [3.63, 3.8) is 0 Å². The van der Waals surface area contributed by atoms with Crippen molar-refractivity contribution >= 4 is 13.9 Å².